The molecule has 0 bridgehead atoms. The minimum absolute atomic E-state index is 0.612. The summed E-state index contributed by atoms with van der Waals surface area (Å²) in [5.41, 5.74) is 1.37. The van der Waals surface area contributed by atoms with Gasteiger partial charge in [-0.2, -0.15) is 0 Å². The molecule has 20 heavy (non-hydrogen) atoms. The third kappa shape index (κ3) is 2.96. The maximum atomic E-state index is 3.61. The Hall–Kier alpha value is -1.54. The molecule has 0 spiro atoms. The number of hydrogen-bond donors (Lipinski definition) is 1. The lowest BCUT2D eigenvalue weighted by Gasteiger charge is -2.33. The van der Waals surface area contributed by atoms with Crippen LogP contribution in [0.15, 0.2) is 42.5 Å². The lowest BCUT2D eigenvalue weighted by atomic mass is 10.0. The van der Waals surface area contributed by atoms with Gasteiger partial charge in [0.2, 0.25) is 0 Å². The van der Waals surface area contributed by atoms with E-state index >= 15 is 0 Å². The van der Waals surface area contributed by atoms with Crippen LogP contribution in [0.1, 0.15) is 20.3 Å². The number of fused-ring (bicyclic) bond motifs is 1. The summed E-state index contributed by atoms with van der Waals surface area (Å²) in [7, 11) is 0. The molecule has 0 radical (unpaired) electrons. The molecule has 3 rings (SSSR count). The Bertz CT molecular complexity index is 578. The topological polar surface area (TPSA) is 15.3 Å². The van der Waals surface area contributed by atoms with Gasteiger partial charge in [-0.25, -0.2) is 0 Å². The first-order chi connectivity index (χ1) is 9.72. The molecule has 106 valence electrons. The van der Waals surface area contributed by atoms with E-state index in [1.807, 2.05) is 0 Å². The molecule has 1 saturated heterocycles. The predicted octanol–water partition coefficient (Wildman–Crippen LogP) is 3.66. The maximum absolute atomic E-state index is 3.61. The summed E-state index contributed by atoms with van der Waals surface area (Å²) in [6.45, 7) is 8.01. The number of nitrogens with one attached hydrogen (secondary N) is 1. The van der Waals surface area contributed by atoms with Crippen molar-refractivity contribution >= 4 is 16.5 Å². The van der Waals surface area contributed by atoms with Gasteiger partial charge in [-0.1, -0.05) is 37.3 Å². The van der Waals surface area contributed by atoms with Crippen LogP contribution in [0, 0.1) is 5.92 Å². The van der Waals surface area contributed by atoms with Crippen molar-refractivity contribution in [3.8, 4) is 0 Å². The Labute approximate surface area is 121 Å². The second kappa shape index (κ2) is 5.84. The third-order valence-corrected chi connectivity index (χ3v) is 4.28. The van der Waals surface area contributed by atoms with Gasteiger partial charge in [0.1, 0.15) is 0 Å². The number of benzene rings is 2. The lowest BCUT2D eigenvalue weighted by Crippen LogP contribution is -2.42. The highest BCUT2D eigenvalue weighted by atomic mass is 15.1. The van der Waals surface area contributed by atoms with Crippen LogP contribution in [0.2, 0.25) is 0 Å². The van der Waals surface area contributed by atoms with Gasteiger partial charge in [0.05, 0.1) is 0 Å². The highest BCUT2D eigenvalue weighted by Crippen LogP contribution is 2.23. The first-order valence-electron chi connectivity index (χ1n) is 7.69. The summed E-state index contributed by atoms with van der Waals surface area (Å²) in [6, 6.07) is 16.1. The van der Waals surface area contributed by atoms with Crippen molar-refractivity contribution in [1.82, 2.24) is 5.32 Å². The molecule has 1 aliphatic rings. The molecule has 1 fully saturated rings. The van der Waals surface area contributed by atoms with Gasteiger partial charge >= 0.3 is 0 Å². The van der Waals surface area contributed by atoms with Crippen LogP contribution >= 0.6 is 0 Å². The molecule has 2 unspecified atom stereocenters. The summed E-state index contributed by atoms with van der Waals surface area (Å²) in [5.74, 6) is 0.684. The molecule has 2 atom stereocenters. The predicted molar refractivity (Wildman–Crippen MR) is 87.4 cm³/mol. The number of hydrogen-bond acceptors (Lipinski definition) is 2. The fraction of sp³-hybridized carbons (Fsp3) is 0.444. The monoisotopic (exact) mass is 268 g/mol. The number of anilines is 1. The van der Waals surface area contributed by atoms with E-state index in [1.165, 1.54) is 22.9 Å². The molecular formula is C18H24N2. The van der Waals surface area contributed by atoms with E-state index in [2.05, 4.69) is 66.5 Å². The van der Waals surface area contributed by atoms with Crippen molar-refractivity contribution in [1.29, 1.82) is 0 Å². The Morgan fingerprint density at radius 2 is 1.85 bits per heavy atom. The molecule has 0 amide bonds. The van der Waals surface area contributed by atoms with E-state index in [0.717, 1.165) is 19.6 Å². The molecule has 1 N–H and O–H groups in total. The van der Waals surface area contributed by atoms with Gasteiger partial charge in [0.15, 0.2) is 0 Å². The normalized spacial score (nSPS) is 24.4. The zero-order chi connectivity index (χ0) is 13.9. The van der Waals surface area contributed by atoms with Crippen molar-refractivity contribution in [2.45, 2.75) is 26.3 Å². The highest BCUT2D eigenvalue weighted by Gasteiger charge is 2.16. The zero-order valence-electron chi connectivity index (χ0n) is 12.5. The van der Waals surface area contributed by atoms with Crippen molar-refractivity contribution in [3.05, 3.63) is 42.5 Å². The summed E-state index contributed by atoms with van der Waals surface area (Å²) < 4.78 is 0. The van der Waals surface area contributed by atoms with Crippen molar-refractivity contribution < 1.29 is 0 Å². The summed E-state index contributed by atoms with van der Waals surface area (Å²) >= 11 is 0. The van der Waals surface area contributed by atoms with Gasteiger partial charge in [0.25, 0.3) is 0 Å². The van der Waals surface area contributed by atoms with Crippen LogP contribution in [0.5, 0.6) is 0 Å². The first-order valence-corrected chi connectivity index (χ1v) is 7.69. The Morgan fingerprint density at radius 1 is 1.05 bits per heavy atom. The average molecular weight is 268 g/mol. The van der Waals surface area contributed by atoms with Gasteiger partial charge in [0, 0.05) is 24.8 Å². The number of nitrogens with zero attached hydrogens (tertiary/aromatic N) is 1. The van der Waals surface area contributed by atoms with Gasteiger partial charge in [-0.05, 0) is 48.7 Å². The zero-order valence-corrected chi connectivity index (χ0v) is 12.5. The number of rotatable bonds is 1. The van der Waals surface area contributed by atoms with Gasteiger partial charge in [-0.15, -0.1) is 0 Å². The fourth-order valence-electron chi connectivity index (χ4n) is 2.99. The standard InChI is InChI=1S/C18H24N2/c1-14-12-19-15(2)9-10-20(13-14)18-8-7-16-5-3-4-6-17(16)11-18/h3-8,11,14-15,19H,9-10,12-13H2,1-2H3. The SMILES string of the molecule is CC1CNC(C)CCN(c2ccc3ccccc3c2)C1. The molecule has 0 aliphatic carbocycles. The van der Waals surface area contributed by atoms with E-state index in [-0.39, 0.29) is 0 Å². The van der Waals surface area contributed by atoms with E-state index in [1.54, 1.807) is 0 Å². The molecule has 1 heterocycles. The molecule has 2 nitrogen and oxygen atoms in total. The average Bonchev–Trinajstić information content (AvgIpc) is 2.47. The Morgan fingerprint density at radius 3 is 2.70 bits per heavy atom. The molecule has 2 aromatic carbocycles. The summed E-state index contributed by atoms with van der Waals surface area (Å²) in [6.07, 6.45) is 1.21. The Balaban J connectivity index is 1.87. The quantitative estimate of drug-likeness (QED) is 0.849. The van der Waals surface area contributed by atoms with Crippen LogP contribution in [0.4, 0.5) is 5.69 Å². The summed E-state index contributed by atoms with van der Waals surface area (Å²) in [4.78, 5) is 2.55. The molecule has 2 heteroatoms. The van der Waals surface area contributed by atoms with Crippen LogP contribution < -0.4 is 10.2 Å². The van der Waals surface area contributed by atoms with E-state index in [4.69, 9.17) is 0 Å². The highest BCUT2D eigenvalue weighted by molar-refractivity contribution is 5.85. The molecule has 1 aliphatic heterocycles. The summed E-state index contributed by atoms with van der Waals surface area (Å²) in [5, 5.41) is 6.27. The van der Waals surface area contributed by atoms with Crippen LogP contribution in [-0.4, -0.2) is 25.7 Å². The largest absolute Gasteiger partial charge is 0.371 e. The second-order valence-corrected chi connectivity index (χ2v) is 6.18. The van der Waals surface area contributed by atoms with E-state index in [9.17, 15) is 0 Å². The van der Waals surface area contributed by atoms with E-state index in [0.29, 0.717) is 12.0 Å². The third-order valence-electron chi connectivity index (χ3n) is 4.28. The minimum Gasteiger partial charge on any atom is -0.371 e. The smallest absolute Gasteiger partial charge is 0.0372 e. The molecule has 2 aromatic rings. The fourth-order valence-corrected chi connectivity index (χ4v) is 2.99. The Kier molecular flexibility index (Phi) is 3.93. The second-order valence-electron chi connectivity index (χ2n) is 6.18. The van der Waals surface area contributed by atoms with Crippen molar-refractivity contribution in [2.75, 3.05) is 24.5 Å². The molecular weight excluding hydrogens is 244 g/mol. The van der Waals surface area contributed by atoms with Crippen molar-refractivity contribution in [3.63, 3.8) is 0 Å². The maximum Gasteiger partial charge on any atom is 0.0372 e. The van der Waals surface area contributed by atoms with Crippen LogP contribution in [0.25, 0.3) is 10.8 Å². The molecule has 0 saturated carbocycles. The van der Waals surface area contributed by atoms with Gasteiger partial charge < -0.3 is 10.2 Å². The lowest BCUT2D eigenvalue weighted by molar-refractivity contribution is 0.411. The van der Waals surface area contributed by atoms with E-state index < -0.39 is 0 Å². The minimum atomic E-state index is 0.612. The van der Waals surface area contributed by atoms with Gasteiger partial charge in [-0.3, -0.25) is 0 Å². The first kappa shape index (κ1) is 13.4. The van der Waals surface area contributed by atoms with Crippen LogP contribution in [0.3, 0.4) is 0 Å². The van der Waals surface area contributed by atoms with Crippen molar-refractivity contribution in [2.24, 2.45) is 5.92 Å². The molecule has 0 aromatic heterocycles. The van der Waals surface area contributed by atoms with Crippen LogP contribution in [-0.2, 0) is 0 Å².